The van der Waals surface area contributed by atoms with Crippen molar-refractivity contribution < 1.29 is 4.79 Å². The number of hydrogen-bond donors (Lipinski definition) is 3. The van der Waals surface area contributed by atoms with Crippen molar-refractivity contribution in [1.29, 1.82) is 0 Å². The van der Waals surface area contributed by atoms with Crippen LogP contribution in [0.2, 0.25) is 0 Å². The van der Waals surface area contributed by atoms with E-state index in [1.807, 2.05) is 45.0 Å². The zero-order valence-corrected chi connectivity index (χ0v) is 11.7. The topological polar surface area (TPSA) is 67.2 Å². The zero-order valence-electron chi connectivity index (χ0n) is 10.9. The third-order valence-electron chi connectivity index (χ3n) is 2.57. The van der Waals surface area contributed by atoms with Gasteiger partial charge in [-0.2, -0.15) is 0 Å². The summed E-state index contributed by atoms with van der Waals surface area (Å²) in [6.07, 6.45) is 0. The quantitative estimate of drug-likeness (QED) is 0.732. The molecule has 0 aliphatic rings. The van der Waals surface area contributed by atoms with Gasteiger partial charge < -0.3 is 16.4 Å². The molecule has 4 nitrogen and oxygen atoms in total. The highest BCUT2D eigenvalue weighted by atomic mass is 32.1. The highest BCUT2D eigenvalue weighted by Crippen LogP contribution is 2.09. The third kappa shape index (κ3) is 4.33. The average Bonchev–Trinajstić information content (AvgIpc) is 2.28. The Morgan fingerprint density at radius 1 is 1.28 bits per heavy atom. The number of carbonyl (C=O) groups excluding carboxylic acids is 1. The van der Waals surface area contributed by atoms with Crippen LogP contribution in [-0.4, -0.2) is 17.1 Å². The summed E-state index contributed by atoms with van der Waals surface area (Å²) in [5.41, 5.74) is 7.47. The van der Waals surface area contributed by atoms with Crippen LogP contribution in [0.25, 0.3) is 0 Å². The van der Waals surface area contributed by atoms with Crippen LogP contribution < -0.4 is 16.4 Å². The SMILES string of the molecule is Cc1ccc(NC(=O)NC(C(N)=S)C(C)C)cc1. The zero-order chi connectivity index (χ0) is 13.7. The third-order valence-corrected chi connectivity index (χ3v) is 2.82. The van der Waals surface area contributed by atoms with E-state index in [0.717, 1.165) is 11.3 Å². The molecule has 1 unspecified atom stereocenters. The van der Waals surface area contributed by atoms with Gasteiger partial charge in [-0.05, 0) is 25.0 Å². The summed E-state index contributed by atoms with van der Waals surface area (Å²) in [5.74, 6) is 0.159. The number of amides is 2. The van der Waals surface area contributed by atoms with Crippen LogP contribution in [0.3, 0.4) is 0 Å². The molecule has 0 saturated heterocycles. The van der Waals surface area contributed by atoms with Gasteiger partial charge in [0.15, 0.2) is 0 Å². The van der Waals surface area contributed by atoms with Crippen LogP contribution in [0.4, 0.5) is 10.5 Å². The Morgan fingerprint density at radius 2 is 1.83 bits per heavy atom. The van der Waals surface area contributed by atoms with Gasteiger partial charge in [-0.15, -0.1) is 0 Å². The molecule has 1 atom stereocenters. The molecule has 0 aromatic heterocycles. The van der Waals surface area contributed by atoms with Gasteiger partial charge in [0.2, 0.25) is 0 Å². The van der Waals surface area contributed by atoms with Crippen molar-refractivity contribution in [3.05, 3.63) is 29.8 Å². The minimum Gasteiger partial charge on any atom is -0.392 e. The Hall–Kier alpha value is -1.62. The summed E-state index contributed by atoms with van der Waals surface area (Å²) < 4.78 is 0. The van der Waals surface area contributed by atoms with Crippen molar-refractivity contribution in [3.63, 3.8) is 0 Å². The highest BCUT2D eigenvalue weighted by molar-refractivity contribution is 7.80. The second-order valence-corrected chi connectivity index (χ2v) is 5.06. The van der Waals surface area contributed by atoms with Crippen molar-refractivity contribution in [3.8, 4) is 0 Å². The van der Waals surface area contributed by atoms with Crippen LogP contribution in [0.1, 0.15) is 19.4 Å². The first-order valence-electron chi connectivity index (χ1n) is 5.83. The molecule has 1 aromatic rings. The van der Waals surface area contributed by atoms with Gasteiger partial charge in [-0.25, -0.2) is 4.79 Å². The van der Waals surface area contributed by atoms with E-state index in [2.05, 4.69) is 10.6 Å². The van der Waals surface area contributed by atoms with E-state index in [9.17, 15) is 4.79 Å². The predicted octanol–water partition coefficient (Wildman–Crippen LogP) is 2.43. The number of nitrogens with one attached hydrogen (secondary N) is 2. The molecule has 0 heterocycles. The fraction of sp³-hybridized carbons (Fsp3) is 0.385. The van der Waals surface area contributed by atoms with E-state index in [1.165, 1.54) is 0 Å². The molecule has 1 rings (SSSR count). The van der Waals surface area contributed by atoms with Crippen molar-refractivity contribution in [1.82, 2.24) is 5.32 Å². The molecule has 0 fully saturated rings. The Labute approximate surface area is 113 Å². The van der Waals surface area contributed by atoms with Crippen LogP contribution in [0.5, 0.6) is 0 Å². The molecule has 0 saturated carbocycles. The Kier molecular flexibility index (Phi) is 5.09. The molecule has 98 valence electrons. The van der Waals surface area contributed by atoms with Crippen LogP contribution in [0, 0.1) is 12.8 Å². The molecule has 18 heavy (non-hydrogen) atoms. The van der Waals surface area contributed by atoms with Gasteiger partial charge in [0.05, 0.1) is 11.0 Å². The maximum absolute atomic E-state index is 11.8. The van der Waals surface area contributed by atoms with Gasteiger partial charge in [-0.1, -0.05) is 43.8 Å². The number of thiocarbonyl (C=S) groups is 1. The first kappa shape index (κ1) is 14.4. The highest BCUT2D eigenvalue weighted by Gasteiger charge is 2.18. The van der Waals surface area contributed by atoms with Gasteiger partial charge in [-0.3, -0.25) is 0 Å². The van der Waals surface area contributed by atoms with Crippen molar-refractivity contribution in [2.75, 3.05) is 5.32 Å². The second kappa shape index (κ2) is 6.35. The molecule has 0 radical (unpaired) electrons. The fourth-order valence-corrected chi connectivity index (χ4v) is 1.84. The standard InChI is InChI=1S/C13H19N3OS/c1-8(2)11(12(14)18)16-13(17)15-10-6-4-9(3)5-7-10/h4-8,11H,1-3H3,(H2,14,18)(H2,15,16,17). The summed E-state index contributed by atoms with van der Waals surface area (Å²) in [6, 6.07) is 6.96. The van der Waals surface area contributed by atoms with E-state index in [1.54, 1.807) is 0 Å². The van der Waals surface area contributed by atoms with Gasteiger partial charge in [0.25, 0.3) is 0 Å². The lowest BCUT2D eigenvalue weighted by atomic mass is 10.1. The molecule has 0 aliphatic carbocycles. The average molecular weight is 265 g/mol. The molecule has 0 aliphatic heterocycles. The van der Waals surface area contributed by atoms with Crippen LogP contribution in [0.15, 0.2) is 24.3 Å². The van der Waals surface area contributed by atoms with Crippen molar-refractivity contribution in [2.45, 2.75) is 26.8 Å². The second-order valence-electron chi connectivity index (χ2n) is 4.59. The first-order valence-corrected chi connectivity index (χ1v) is 6.24. The number of carbonyl (C=O) groups is 1. The lowest BCUT2D eigenvalue weighted by Gasteiger charge is -2.21. The largest absolute Gasteiger partial charge is 0.392 e. The number of urea groups is 1. The maximum Gasteiger partial charge on any atom is 0.319 e. The predicted molar refractivity (Wildman–Crippen MR) is 78.7 cm³/mol. The van der Waals surface area contributed by atoms with E-state index in [4.69, 9.17) is 18.0 Å². The summed E-state index contributed by atoms with van der Waals surface area (Å²) >= 11 is 4.93. The summed E-state index contributed by atoms with van der Waals surface area (Å²) in [5, 5.41) is 5.51. The summed E-state index contributed by atoms with van der Waals surface area (Å²) in [7, 11) is 0. The minimum absolute atomic E-state index is 0.159. The Morgan fingerprint density at radius 3 is 2.28 bits per heavy atom. The molecule has 4 N–H and O–H groups in total. The number of anilines is 1. The smallest absolute Gasteiger partial charge is 0.319 e. The Bertz CT molecular complexity index is 428. The molecule has 2 amide bonds. The molecular formula is C13H19N3OS. The molecule has 5 heteroatoms. The number of hydrogen-bond acceptors (Lipinski definition) is 2. The fourth-order valence-electron chi connectivity index (χ4n) is 1.51. The number of rotatable bonds is 4. The van der Waals surface area contributed by atoms with Crippen molar-refractivity contribution in [2.24, 2.45) is 11.7 Å². The monoisotopic (exact) mass is 265 g/mol. The summed E-state index contributed by atoms with van der Waals surface area (Å²) in [4.78, 5) is 12.1. The number of aryl methyl sites for hydroxylation is 1. The van der Waals surface area contributed by atoms with E-state index < -0.39 is 0 Å². The first-order chi connectivity index (χ1) is 8.40. The van der Waals surface area contributed by atoms with Gasteiger partial charge >= 0.3 is 6.03 Å². The number of benzene rings is 1. The van der Waals surface area contributed by atoms with E-state index in [0.29, 0.717) is 4.99 Å². The molecule has 0 spiro atoms. The lowest BCUT2D eigenvalue weighted by molar-refractivity contribution is 0.248. The number of nitrogens with two attached hydrogens (primary N) is 1. The normalized spacial score (nSPS) is 12.0. The maximum atomic E-state index is 11.8. The molecule has 1 aromatic carbocycles. The van der Waals surface area contributed by atoms with Crippen LogP contribution >= 0.6 is 12.2 Å². The van der Waals surface area contributed by atoms with E-state index in [-0.39, 0.29) is 18.0 Å². The minimum atomic E-state index is -0.301. The van der Waals surface area contributed by atoms with Crippen LogP contribution in [-0.2, 0) is 0 Å². The van der Waals surface area contributed by atoms with E-state index >= 15 is 0 Å². The van der Waals surface area contributed by atoms with Gasteiger partial charge in [0.1, 0.15) is 0 Å². The Balaban J connectivity index is 2.60. The van der Waals surface area contributed by atoms with Crippen molar-refractivity contribution >= 4 is 28.9 Å². The van der Waals surface area contributed by atoms with Gasteiger partial charge in [0, 0.05) is 5.69 Å². The lowest BCUT2D eigenvalue weighted by Crippen LogP contribution is -2.48. The molecular weight excluding hydrogens is 246 g/mol. The summed E-state index contributed by atoms with van der Waals surface area (Å²) in [6.45, 7) is 5.90. The molecule has 0 bridgehead atoms.